The van der Waals surface area contributed by atoms with Crippen molar-refractivity contribution in [2.45, 2.75) is 38.1 Å². The molecule has 0 radical (unpaired) electrons. The molecule has 0 bridgehead atoms. The highest BCUT2D eigenvalue weighted by Gasteiger charge is 2.37. The van der Waals surface area contributed by atoms with Crippen molar-refractivity contribution < 1.29 is 18.8 Å². The molecule has 7 nitrogen and oxygen atoms in total. The number of carbonyl (C=O) groups excluding carboxylic acids is 3. The number of hydrogen-bond acceptors (Lipinski definition) is 4. The molecule has 2 fully saturated rings. The van der Waals surface area contributed by atoms with Crippen molar-refractivity contribution in [3.63, 3.8) is 0 Å². The first-order valence-electron chi connectivity index (χ1n) is 10.8. The molecule has 9 heteroatoms. The molecular weight excluding hydrogens is 453 g/mol. The van der Waals surface area contributed by atoms with Crippen LogP contribution in [0.25, 0.3) is 0 Å². The van der Waals surface area contributed by atoms with Crippen LogP contribution in [-0.4, -0.2) is 53.2 Å². The number of hydrogen-bond donors (Lipinski definition) is 1. The molecule has 3 heterocycles. The molecule has 1 atom stereocenters. The molecule has 0 unspecified atom stereocenters. The number of nitrogens with one attached hydrogen (secondary N) is 1. The summed E-state index contributed by atoms with van der Waals surface area (Å²) < 4.78 is 5.19. The Labute approximate surface area is 196 Å². The van der Waals surface area contributed by atoms with Gasteiger partial charge in [-0.2, -0.15) is 0 Å². The Morgan fingerprint density at radius 3 is 2.50 bits per heavy atom. The average molecular weight is 478 g/mol. The Hall–Kier alpha value is -2.51. The minimum atomic E-state index is -0.547. The second kappa shape index (κ2) is 9.96. The molecule has 1 N–H and O–H groups in total. The normalized spacial score (nSPS) is 19.6. The van der Waals surface area contributed by atoms with Gasteiger partial charge in [-0.3, -0.25) is 14.4 Å². The van der Waals surface area contributed by atoms with E-state index in [1.807, 2.05) is 0 Å². The predicted molar refractivity (Wildman–Crippen MR) is 122 cm³/mol. The highest BCUT2D eigenvalue weighted by Crippen LogP contribution is 2.29. The number of likely N-dealkylation sites (tertiary alicyclic amines) is 2. The van der Waals surface area contributed by atoms with Crippen LogP contribution in [0.3, 0.4) is 0 Å². The lowest BCUT2D eigenvalue weighted by Crippen LogP contribution is -2.53. The minimum Gasteiger partial charge on any atom is -0.459 e. The molecule has 1 aromatic heterocycles. The monoisotopic (exact) mass is 477 g/mol. The van der Waals surface area contributed by atoms with E-state index in [1.54, 1.807) is 40.1 Å². The molecule has 1 aromatic carbocycles. The zero-order valence-electron chi connectivity index (χ0n) is 17.6. The molecule has 4 rings (SSSR count). The highest BCUT2D eigenvalue weighted by molar-refractivity contribution is 6.35. The fraction of sp³-hybridized carbons (Fsp3) is 0.435. The van der Waals surface area contributed by atoms with Crippen molar-refractivity contribution >= 4 is 46.6 Å². The smallest absolute Gasteiger partial charge is 0.289 e. The van der Waals surface area contributed by atoms with Gasteiger partial charge in [-0.1, -0.05) is 23.2 Å². The van der Waals surface area contributed by atoms with Gasteiger partial charge in [0.1, 0.15) is 6.04 Å². The summed E-state index contributed by atoms with van der Waals surface area (Å²) >= 11 is 12.2. The van der Waals surface area contributed by atoms with Crippen LogP contribution in [0.5, 0.6) is 0 Å². The van der Waals surface area contributed by atoms with E-state index in [0.29, 0.717) is 60.4 Å². The number of furan rings is 1. The molecule has 3 amide bonds. The average Bonchev–Trinajstić information content (AvgIpc) is 3.35. The number of halogens is 2. The van der Waals surface area contributed by atoms with Crippen molar-refractivity contribution in [1.29, 1.82) is 0 Å². The van der Waals surface area contributed by atoms with Gasteiger partial charge in [-0.25, -0.2) is 0 Å². The number of piperidine rings is 2. The Bertz CT molecular complexity index is 987. The van der Waals surface area contributed by atoms with Crippen LogP contribution in [0.4, 0.5) is 5.69 Å². The third kappa shape index (κ3) is 4.94. The van der Waals surface area contributed by atoms with Crippen LogP contribution in [-0.2, 0) is 9.59 Å². The van der Waals surface area contributed by atoms with E-state index in [9.17, 15) is 14.4 Å². The fourth-order valence-electron chi connectivity index (χ4n) is 4.40. The molecular formula is C23H25Cl2N3O4. The lowest BCUT2D eigenvalue weighted by atomic mass is 9.92. The van der Waals surface area contributed by atoms with Gasteiger partial charge in [0, 0.05) is 30.6 Å². The van der Waals surface area contributed by atoms with Crippen molar-refractivity contribution in [3.05, 3.63) is 52.4 Å². The van der Waals surface area contributed by atoms with Crippen LogP contribution < -0.4 is 5.32 Å². The number of benzene rings is 1. The Balaban J connectivity index is 1.39. The first-order chi connectivity index (χ1) is 15.4. The summed E-state index contributed by atoms with van der Waals surface area (Å²) in [4.78, 5) is 42.2. The van der Waals surface area contributed by atoms with Gasteiger partial charge < -0.3 is 19.5 Å². The zero-order chi connectivity index (χ0) is 22.7. The first kappa shape index (κ1) is 22.7. The lowest BCUT2D eigenvalue weighted by Gasteiger charge is -2.39. The Morgan fingerprint density at radius 1 is 1.00 bits per heavy atom. The van der Waals surface area contributed by atoms with E-state index in [1.165, 1.54) is 6.26 Å². The maximum Gasteiger partial charge on any atom is 0.289 e. The third-order valence-corrected chi connectivity index (χ3v) is 6.70. The molecule has 2 aromatic rings. The number of carbonyl (C=O) groups is 3. The second-order valence-electron chi connectivity index (χ2n) is 8.20. The van der Waals surface area contributed by atoms with Gasteiger partial charge in [0.2, 0.25) is 11.8 Å². The summed E-state index contributed by atoms with van der Waals surface area (Å²) in [5.74, 6) is -0.338. The quantitative estimate of drug-likeness (QED) is 0.704. The summed E-state index contributed by atoms with van der Waals surface area (Å²) in [6.45, 7) is 1.52. The molecule has 2 aliphatic rings. The molecule has 0 aliphatic carbocycles. The lowest BCUT2D eigenvalue weighted by molar-refractivity contribution is -0.145. The summed E-state index contributed by atoms with van der Waals surface area (Å²) in [5, 5.41) is 3.70. The summed E-state index contributed by atoms with van der Waals surface area (Å²) in [6.07, 6.45) is 4.95. The summed E-state index contributed by atoms with van der Waals surface area (Å²) in [5.41, 5.74) is 0.437. The van der Waals surface area contributed by atoms with Crippen LogP contribution in [0, 0.1) is 5.92 Å². The van der Waals surface area contributed by atoms with Gasteiger partial charge in [0.15, 0.2) is 5.76 Å². The van der Waals surface area contributed by atoms with E-state index in [2.05, 4.69) is 5.32 Å². The Kier molecular flexibility index (Phi) is 7.06. The van der Waals surface area contributed by atoms with Crippen molar-refractivity contribution in [2.24, 2.45) is 5.92 Å². The SMILES string of the molecule is O=C(Nc1cc(Cl)ccc1Cl)[C@H]1CCCCN1C(=O)C1CCN(C(=O)c2ccco2)CC1. The van der Waals surface area contributed by atoms with E-state index in [-0.39, 0.29) is 23.6 Å². The second-order valence-corrected chi connectivity index (χ2v) is 9.04. The maximum absolute atomic E-state index is 13.3. The van der Waals surface area contributed by atoms with Crippen LogP contribution in [0.15, 0.2) is 41.0 Å². The summed E-state index contributed by atoms with van der Waals surface area (Å²) in [6, 6.07) is 7.65. The van der Waals surface area contributed by atoms with E-state index in [4.69, 9.17) is 27.6 Å². The highest BCUT2D eigenvalue weighted by atomic mass is 35.5. The van der Waals surface area contributed by atoms with E-state index < -0.39 is 6.04 Å². The van der Waals surface area contributed by atoms with Gasteiger partial charge in [-0.15, -0.1) is 0 Å². The van der Waals surface area contributed by atoms with Crippen LogP contribution >= 0.6 is 23.2 Å². The molecule has 2 saturated heterocycles. The zero-order valence-corrected chi connectivity index (χ0v) is 19.1. The van der Waals surface area contributed by atoms with Crippen molar-refractivity contribution in [2.75, 3.05) is 25.0 Å². The Morgan fingerprint density at radius 2 is 1.78 bits per heavy atom. The maximum atomic E-state index is 13.3. The predicted octanol–water partition coefficient (Wildman–Crippen LogP) is 4.46. The van der Waals surface area contributed by atoms with E-state index >= 15 is 0 Å². The summed E-state index contributed by atoms with van der Waals surface area (Å²) in [7, 11) is 0. The molecule has 32 heavy (non-hydrogen) atoms. The molecule has 0 saturated carbocycles. The molecule has 2 aliphatic heterocycles. The molecule has 0 spiro atoms. The number of nitrogens with zero attached hydrogens (tertiary/aromatic N) is 2. The topological polar surface area (TPSA) is 82.9 Å². The van der Waals surface area contributed by atoms with Gasteiger partial charge in [0.25, 0.3) is 5.91 Å². The van der Waals surface area contributed by atoms with Gasteiger partial charge >= 0.3 is 0 Å². The van der Waals surface area contributed by atoms with E-state index in [0.717, 1.165) is 12.8 Å². The number of anilines is 1. The molecule has 170 valence electrons. The fourth-order valence-corrected chi connectivity index (χ4v) is 4.73. The number of rotatable bonds is 4. The van der Waals surface area contributed by atoms with Crippen molar-refractivity contribution in [3.8, 4) is 0 Å². The standard InChI is InChI=1S/C23H25Cl2N3O4/c24-16-6-7-17(25)18(14-16)26-21(29)19-4-1-2-10-28(19)22(30)15-8-11-27(12-9-15)23(31)20-5-3-13-32-20/h3,5-7,13-15,19H,1-2,4,8-12H2,(H,26,29)/t19-/m1/s1. The minimum absolute atomic E-state index is 0.0212. The van der Waals surface area contributed by atoms with Crippen molar-refractivity contribution in [1.82, 2.24) is 9.80 Å². The van der Waals surface area contributed by atoms with Gasteiger partial charge in [0.05, 0.1) is 17.0 Å². The largest absolute Gasteiger partial charge is 0.459 e. The first-order valence-corrected chi connectivity index (χ1v) is 11.6. The van der Waals surface area contributed by atoms with Crippen LogP contribution in [0.2, 0.25) is 10.0 Å². The third-order valence-electron chi connectivity index (χ3n) is 6.14. The number of amides is 3. The van der Waals surface area contributed by atoms with Gasteiger partial charge in [-0.05, 0) is 62.4 Å². The van der Waals surface area contributed by atoms with Crippen LogP contribution in [0.1, 0.15) is 42.7 Å².